The van der Waals surface area contributed by atoms with E-state index in [-0.39, 0.29) is 0 Å². The van der Waals surface area contributed by atoms with E-state index in [4.69, 9.17) is 0 Å². The molecule has 1 aliphatic rings. The summed E-state index contributed by atoms with van der Waals surface area (Å²) in [5.74, 6) is 0. The third-order valence-electron chi connectivity index (χ3n) is 3.41. The SMILES string of the molecule is Cn1ccc(CNC2CCN(S(C)(=O)=O)CC2)c1. The van der Waals surface area contributed by atoms with Crippen molar-refractivity contribution in [1.82, 2.24) is 14.2 Å². The molecule has 102 valence electrons. The molecule has 0 aliphatic carbocycles. The Kier molecular flexibility index (Phi) is 4.09. The fourth-order valence-corrected chi connectivity index (χ4v) is 3.19. The van der Waals surface area contributed by atoms with Gasteiger partial charge >= 0.3 is 0 Å². The van der Waals surface area contributed by atoms with Crippen LogP contribution in [0.25, 0.3) is 0 Å². The van der Waals surface area contributed by atoms with Crippen LogP contribution in [0.1, 0.15) is 18.4 Å². The molecular formula is C12H21N3O2S. The predicted octanol–water partition coefficient (Wildman–Crippen LogP) is 0.539. The molecule has 18 heavy (non-hydrogen) atoms. The standard InChI is InChI=1S/C12H21N3O2S/c1-14-6-3-11(10-14)9-13-12-4-7-15(8-5-12)18(2,16)17/h3,6,10,12-13H,4-5,7-9H2,1-2H3. The highest BCUT2D eigenvalue weighted by atomic mass is 32.2. The molecule has 2 rings (SSSR count). The summed E-state index contributed by atoms with van der Waals surface area (Å²) in [4.78, 5) is 0. The number of aryl methyl sites for hydroxylation is 1. The van der Waals surface area contributed by atoms with Crippen molar-refractivity contribution in [2.24, 2.45) is 7.05 Å². The quantitative estimate of drug-likeness (QED) is 0.869. The van der Waals surface area contributed by atoms with Crippen LogP contribution in [0.5, 0.6) is 0 Å². The first-order chi connectivity index (χ1) is 8.45. The van der Waals surface area contributed by atoms with E-state index in [1.54, 1.807) is 4.31 Å². The van der Waals surface area contributed by atoms with E-state index in [1.807, 2.05) is 17.8 Å². The maximum atomic E-state index is 11.4. The van der Waals surface area contributed by atoms with E-state index < -0.39 is 10.0 Å². The highest BCUT2D eigenvalue weighted by molar-refractivity contribution is 7.88. The number of piperidine rings is 1. The highest BCUT2D eigenvalue weighted by Gasteiger charge is 2.24. The van der Waals surface area contributed by atoms with E-state index in [0.717, 1.165) is 19.4 Å². The number of aromatic nitrogens is 1. The summed E-state index contributed by atoms with van der Waals surface area (Å²) in [5.41, 5.74) is 1.27. The van der Waals surface area contributed by atoms with Crippen molar-refractivity contribution in [3.8, 4) is 0 Å². The van der Waals surface area contributed by atoms with Gasteiger partial charge in [0.1, 0.15) is 0 Å². The second-order valence-corrected chi connectivity index (χ2v) is 6.98. The molecule has 1 aromatic heterocycles. The zero-order valence-corrected chi connectivity index (χ0v) is 11.8. The summed E-state index contributed by atoms with van der Waals surface area (Å²) in [7, 11) is -1.00. The van der Waals surface area contributed by atoms with Gasteiger partial charge in [-0.15, -0.1) is 0 Å². The van der Waals surface area contributed by atoms with Gasteiger partial charge in [0.2, 0.25) is 10.0 Å². The second-order valence-electron chi connectivity index (χ2n) is 5.00. The summed E-state index contributed by atoms with van der Waals surface area (Å²) in [6, 6.07) is 2.52. The summed E-state index contributed by atoms with van der Waals surface area (Å²) in [5, 5.41) is 3.49. The molecular weight excluding hydrogens is 250 g/mol. The van der Waals surface area contributed by atoms with E-state index in [0.29, 0.717) is 19.1 Å². The van der Waals surface area contributed by atoms with Crippen molar-refractivity contribution in [3.63, 3.8) is 0 Å². The number of sulfonamides is 1. The molecule has 0 atom stereocenters. The summed E-state index contributed by atoms with van der Waals surface area (Å²) < 4.78 is 26.3. The van der Waals surface area contributed by atoms with Crippen molar-refractivity contribution in [2.75, 3.05) is 19.3 Å². The fraction of sp³-hybridized carbons (Fsp3) is 0.667. The minimum atomic E-state index is -3.01. The first-order valence-corrected chi connectivity index (χ1v) is 8.09. The van der Waals surface area contributed by atoms with Crippen molar-refractivity contribution >= 4 is 10.0 Å². The van der Waals surface area contributed by atoms with Gasteiger partial charge in [0, 0.05) is 45.1 Å². The summed E-state index contributed by atoms with van der Waals surface area (Å²) >= 11 is 0. The Morgan fingerprint density at radius 1 is 1.39 bits per heavy atom. The van der Waals surface area contributed by atoms with Crippen LogP contribution in [0.4, 0.5) is 0 Å². The van der Waals surface area contributed by atoms with Crippen molar-refractivity contribution in [3.05, 3.63) is 24.0 Å². The lowest BCUT2D eigenvalue weighted by atomic mass is 10.1. The molecule has 6 heteroatoms. The Hall–Kier alpha value is -0.850. The van der Waals surface area contributed by atoms with Crippen molar-refractivity contribution < 1.29 is 8.42 Å². The molecule has 1 aromatic rings. The predicted molar refractivity (Wildman–Crippen MR) is 71.7 cm³/mol. The van der Waals surface area contributed by atoms with Gasteiger partial charge in [-0.3, -0.25) is 0 Å². The summed E-state index contributed by atoms with van der Waals surface area (Å²) in [6.45, 7) is 2.11. The Morgan fingerprint density at radius 2 is 2.06 bits per heavy atom. The van der Waals surface area contributed by atoms with Crippen LogP contribution in [-0.2, 0) is 23.6 Å². The Morgan fingerprint density at radius 3 is 2.56 bits per heavy atom. The molecule has 0 unspecified atom stereocenters. The van der Waals surface area contributed by atoms with E-state index >= 15 is 0 Å². The first kappa shape index (κ1) is 13.6. The Balaban J connectivity index is 1.77. The van der Waals surface area contributed by atoms with Gasteiger partial charge in [-0.2, -0.15) is 0 Å². The van der Waals surface area contributed by atoms with E-state index in [9.17, 15) is 8.42 Å². The Bertz CT molecular complexity index is 487. The third kappa shape index (κ3) is 3.57. The minimum Gasteiger partial charge on any atom is -0.357 e. The molecule has 0 saturated carbocycles. The molecule has 2 heterocycles. The van der Waals surface area contributed by atoms with Crippen LogP contribution in [0.2, 0.25) is 0 Å². The largest absolute Gasteiger partial charge is 0.357 e. The lowest BCUT2D eigenvalue weighted by Gasteiger charge is -2.30. The summed E-state index contributed by atoms with van der Waals surface area (Å²) in [6.07, 6.45) is 7.19. The first-order valence-electron chi connectivity index (χ1n) is 6.24. The van der Waals surface area contributed by atoms with Gasteiger partial charge in [-0.1, -0.05) is 0 Å². The van der Waals surface area contributed by atoms with Crippen LogP contribution in [0.15, 0.2) is 18.5 Å². The van der Waals surface area contributed by atoms with Crippen LogP contribution in [0, 0.1) is 0 Å². The molecule has 0 aromatic carbocycles. The van der Waals surface area contributed by atoms with Gasteiger partial charge in [0.05, 0.1) is 6.26 Å². The van der Waals surface area contributed by atoms with Gasteiger partial charge in [-0.25, -0.2) is 12.7 Å². The zero-order valence-electron chi connectivity index (χ0n) is 11.0. The second kappa shape index (κ2) is 5.42. The average molecular weight is 271 g/mol. The van der Waals surface area contributed by atoms with Gasteiger partial charge in [0.25, 0.3) is 0 Å². The fourth-order valence-electron chi connectivity index (χ4n) is 2.32. The maximum Gasteiger partial charge on any atom is 0.211 e. The molecule has 1 N–H and O–H groups in total. The van der Waals surface area contributed by atoms with Gasteiger partial charge < -0.3 is 9.88 Å². The molecule has 1 aliphatic heterocycles. The highest BCUT2D eigenvalue weighted by Crippen LogP contribution is 2.13. The topological polar surface area (TPSA) is 54.3 Å². The van der Waals surface area contributed by atoms with Crippen LogP contribution < -0.4 is 5.32 Å². The molecule has 0 bridgehead atoms. The maximum absolute atomic E-state index is 11.4. The van der Waals surface area contributed by atoms with Gasteiger partial charge in [0.15, 0.2) is 0 Å². The monoisotopic (exact) mass is 271 g/mol. The molecule has 0 radical (unpaired) electrons. The van der Waals surface area contributed by atoms with Gasteiger partial charge in [-0.05, 0) is 24.5 Å². The number of nitrogens with zero attached hydrogens (tertiary/aromatic N) is 2. The van der Waals surface area contributed by atoms with Crippen molar-refractivity contribution in [2.45, 2.75) is 25.4 Å². The molecule has 5 nitrogen and oxygen atoms in total. The number of nitrogens with one attached hydrogen (secondary N) is 1. The normalized spacial score (nSPS) is 19.2. The minimum absolute atomic E-state index is 0.420. The number of rotatable bonds is 4. The molecule has 1 fully saturated rings. The lowest BCUT2D eigenvalue weighted by Crippen LogP contribution is -2.44. The third-order valence-corrected chi connectivity index (χ3v) is 4.71. The van der Waals surface area contributed by atoms with Crippen LogP contribution >= 0.6 is 0 Å². The van der Waals surface area contributed by atoms with Crippen LogP contribution in [-0.4, -0.2) is 42.7 Å². The molecule has 1 saturated heterocycles. The molecule has 0 amide bonds. The number of hydrogen-bond acceptors (Lipinski definition) is 3. The van der Waals surface area contributed by atoms with Crippen molar-refractivity contribution in [1.29, 1.82) is 0 Å². The Labute approximate surface area is 109 Å². The lowest BCUT2D eigenvalue weighted by molar-refractivity contribution is 0.290. The zero-order chi connectivity index (χ0) is 13.2. The van der Waals surface area contributed by atoms with E-state index in [2.05, 4.69) is 17.6 Å². The average Bonchev–Trinajstić information content (AvgIpc) is 2.72. The van der Waals surface area contributed by atoms with E-state index in [1.165, 1.54) is 11.8 Å². The number of hydrogen-bond donors (Lipinski definition) is 1. The van der Waals surface area contributed by atoms with Crippen LogP contribution in [0.3, 0.4) is 0 Å². The smallest absolute Gasteiger partial charge is 0.211 e. The molecule has 0 spiro atoms.